The fourth-order valence-corrected chi connectivity index (χ4v) is 4.33. The van der Waals surface area contributed by atoms with Gasteiger partial charge >= 0.3 is 0 Å². The summed E-state index contributed by atoms with van der Waals surface area (Å²) >= 11 is 5.79. The zero-order valence-electron chi connectivity index (χ0n) is 10.5. The molecule has 0 unspecified atom stereocenters. The molecule has 18 heavy (non-hydrogen) atoms. The molecule has 0 saturated carbocycles. The lowest BCUT2D eigenvalue weighted by molar-refractivity contribution is 0.268. The van der Waals surface area contributed by atoms with E-state index in [1.165, 1.54) is 0 Å². The van der Waals surface area contributed by atoms with E-state index in [0.717, 1.165) is 24.8 Å². The number of sulfonamides is 1. The van der Waals surface area contributed by atoms with Crippen molar-refractivity contribution in [2.45, 2.75) is 38.0 Å². The Morgan fingerprint density at radius 3 is 2.56 bits per heavy atom. The number of rotatable bonds is 3. The summed E-state index contributed by atoms with van der Waals surface area (Å²) in [6.45, 7) is 2.63. The minimum Gasteiger partial charge on any atom is -0.212 e. The van der Waals surface area contributed by atoms with E-state index >= 15 is 0 Å². The molecule has 0 aliphatic carbocycles. The first-order valence-electron chi connectivity index (χ1n) is 6.23. The molecule has 0 spiro atoms. The summed E-state index contributed by atoms with van der Waals surface area (Å²) in [6.07, 6.45) is 3.04. The van der Waals surface area contributed by atoms with Crippen molar-refractivity contribution in [2.75, 3.05) is 6.54 Å². The molecule has 1 aliphatic rings. The van der Waals surface area contributed by atoms with Crippen LogP contribution in [0.1, 0.15) is 31.7 Å². The highest BCUT2D eigenvalue weighted by atomic mass is 35.5. The van der Waals surface area contributed by atoms with Gasteiger partial charge in [-0.25, -0.2) is 8.42 Å². The van der Waals surface area contributed by atoms with Gasteiger partial charge in [-0.1, -0.05) is 30.2 Å². The van der Waals surface area contributed by atoms with Crippen LogP contribution in [-0.4, -0.2) is 25.3 Å². The topological polar surface area (TPSA) is 37.4 Å². The Bertz CT molecular complexity index is 498. The van der Waals surface area contributed by atoms with Crippen molar-refractivity contribution >= 4 is 21.6 Å². The molecule has 100 valence electrons. The average molecular weight is 288 g/mol. The molecule has 0 amide bonds. The largest absolute Gasteiger partial charge is 0.218 e. The Hall–Kier alpha value is -0.580. The van der Waals surface area contributed by atoms with Crippen LogP contribution in [0.2, 0.25) is 5.02 Å². The van der Waals surface area contributed by atoms with Gasteiger partial charge in [0.15, 0.2) is 0 Å². The van der Waals surface area contributed by atoms with Crippen molar-refractivity contribution in [1.82, 2.24) is 4.31 Å². The zero-order valence-corrected chi connectivity index (χ0v) is 12.0. The fourth-order valence-electron chi connectivity index (χ4n) is 2.36. The second kappa shape index (κ2) is 5.59. The number of benzene rings is 1. The minimum absolute atomic E-state index is 0.0640. The van der Waals surface area contributed by atoms with Gasteiger partial charge in [-0.05, 0) is 37.5 Å². The van der Waals surface area contributed by atoms with Crippen molar-refractivity contribution in [3.63, 3.8) is 0 Å². The van der Waals surface area contributed by atoms with E-state index in [0.29, 0.717) is 11.6 Å². The third kappa shape index (κ3) is 3.25. The van der Waals surface area contributed by atoms with E-state index in [2.05, 4.69) is 0 Å². The van der Waals surface area contributed by atoms with Crippen LogP contribution < -0.4 is 0 Å². The lowest BCUT2D eigenvalue weighted by Gasteiger charge is -2.32. The summed E-state index contributed by atoms with van der Waals surface area (Å²) in [5, 5.41) is 0.627. The number of hydrogen-bond donors (Lipinski definition) is 0. The van der Waals surface area contributed by atoms with Crippen molar-refractivity contribution in [1.29, 1.82) is 0 Å². The normalized spacial score (nSPS) is 22.0. The van der Waals surface area contributed by atoms with Gasteiger partial charge in [-0.3, -0.25) is 0 Å². The predicted octanol–water partition coefficient (Wildman–Crippen LogP) is 3.04. The predicted molar refractivity (Wildman–Crippen MR) is 74.1 cm³/mol. The first kappa shape index (κ1) is 13.8. The number of piperidine rings is 1. The Kier molecular flexibility index (Phi) is 4.30. The third-order valence-corrected chi connectivity index (χ3v) is 5.57. The highest BCUT2D eigenvalue weighted by Gasteiger charge is 2.29. The lowest BCUT2D eigenvalue weighted by atomic mass is 10.1. The molecule has 1 saturated heterocycles. The molecule has 0 N–H and O–H groups in total. The summed E-state index contributed by atoms with van der Waals surface area (Å²) < 4.78 is 26.3. The lowest BCUT2D eigenvalue weighted by Crippen LogP contribution is -2.42. The van der Waals surface area contributed by atoms with Gasteiger partial charge in [0.2, 0.25) is 10.0 Å². The molecule has 1 atom stereocenters. The molecular formula is C13H18ClNO2S. The smallest absolute Gasteiger partial charge is 0.212 e. The SMILES string of the molecule is C[C@@H]1CCCCN1S(=O)(=O)Cc1ccc(Cl)cc1. The van der Waals surface area contributed by atoms with Crippen molar-refractivity contribution in [2.24, 2.45) is 0 Å². The van der Waals surface area contributed by atoms with Crippen LogP contribution in [-0.2, 0) is 15.8 Å². The molecule has 1 aromatic carbocycles. The first-order chi connectivity index (χ1) is 8.49. The molecule has 1 heterocycles. The van der Waals surface area contributed by atoms with Crippen LogP contribution in [0.25, 0.3) is 0 Å². The first-order valence-corrected chi connectivity index (χ1v) is 8.22. The van der Waals surface area contributed by atoms with Crippen molar-refractivity contribution < 1.29 is 8.42 Å². The van der Waals surface area contributed by atoms with E-state index in [-0.39, 0.29) is 11.8 Å². The second-order valence-corrected chi connectivity index (χ2v) is 7.20. The molecule has 3 nitrogen and oxygen atoms in total. The molecule has 1 fully saturated rings. The summed E-state index contributed by atoms with van der Waals surface area (Å²) in [5.41, 5.74) is 0.789. The van der Waals surface area contributed by atoms with E-state index in [9.17, 15) is 8.42 Å². The third-order valence-electron chi connectivity index (χ3n) is 3.36. The molecule has 0 aromatic heterocycles. The van der Waals surface area contributed by atoms with Gasteiger partial charge in [0.25, 0.3) is 0 Å². The second-order valence-electron chi connectivity index (χ2n) is 4.84. The number of nitrogens with zero attached hydrogens (tertiary/aromatic N) is 1. The monoisotopic (exact) mass is 287 g/mol. The van der Waals surface area contributed by atoms with E-state index in [1.54, 1.807) is 28.6 Å². The fraction of sp³-hybridized carbons (Fsp3) is 0.538. The van der Waals surface area contributed by atoms with Crippen LogP contribution in [0.3, 0.4) is 0 Å². The van der Waals surface area contributed by atoms with Crippen LogP contribution in [0.5, 0.6) is 0 Å². The Morgan fingerprint density at radius 1 is 1.28 bits per heavy atom. The molecule has 1 aliphatic heterocycles. The van der Waals surface area contributed by atoms with Gasteiger partial charge in [0.05, 0.1) is 5.75 Å². The molecule has 5 heteroatoms. The Balaban J connectivity index is 2.13. The Morgan fingerprint density at radius 2 is 1.94 bits per heavy atom. The summed E-state index contributed by atoms with van der Waals surface area (Å²) in [5.74, 6) is 0.0640. The molecule has 2 rings (SSSR count). The van der Waals surface area contributed by atoms with Crippen LogP contribution in [0.15, 0.2) is 24.3 Å². The number of halogens is 1. The van der Waals surface area contributed by atoms with E-state index in [1.807, 2.05) is 6.92 Å². The van der Waals surface area contributed by atoms with Crippen LogP contribution >= 0.6 is 11.6 Å². The maximum atomic E-state index is 12.3. The zero-order chi connectivity index (χ0) is 13.2. The molecule has 0 bridgehead atoms. The molecular weight excluding hydrogens is 270 g/mol. The highest BCUT2D eigenvalue weighted by Crippen LogP contribution is 2.22. The standard InChI is InChI=1S/C13H18ClNO2S/c1-11-4-2-3-9-15(11)18(16,17)10-12-5-7-13(14)8-6-12/h5-8,11H,2-4,9-10H2,1H3/t11-/m1/s1. The minimum atomic E-state index is -3.21. The average Bonchev–Trinajstić information content (AvgIpc) is 2.32. The summed E-state index contributed by atoms with van der Waals surface area (Å²) in [7, 11) is -3.21. The maximum absolute atomic E-state index is 12.3. The number of hydrogen-bond acceptors (Lipinski definition) is 2. The van der Waals surface area contributed by atoms with Gasteiger partial charge in [-0.2, -0.15) is 4.31 Å². The van der Waals surface area contributed by atoms with Crippen LogP contribution in [0, 0.1) is 0 Å². The van der Waals surface area contributed by atoms with Gasteiger partial charge < -0.3 is 0 Å². The maximum Gasteiger partial charge on any atom is 0.218 e. The summed E-state index contributed by atoms with van der Waals surface area (Å²) in [4.78, 5) is 0. The van der Waals surface area contributed by atoms with E-state index < -0.39 is 10.0 Å². The van der Waals surface area contributed by atoms with E-state index in [4.69, 9.17) is 11.6 Å². The summed E-state index contributed by atoms with van der Waals surface area (Å²) in [6, 6.07) is 7.12. The molecule has 1 aromatic rings. The molecule has 0 radical (unpaired) electrons. The highest BCUT2D eigenvalue weighted by molar-refractivity contribution is 7.88. The van der Waals surface area contributed by atoms with Crippen molar-refractivity contribution in [3.05, 3.63) is 34.9 Å². The van der Waals surface area contributed by atoms with Gasteiger partial charge in [0, 0.05) is 17.6 Å². The van der Waals surface area contributed by atoms with Gasteiger partial charge in [-0.15, -0.1) is 0 Å². The van der Waals surface area contributed by atoms with Crippen molar-refractivity contribution in [3.8, 4) is 0 Å². The Labute approximate surface area is 114 Å². The van der Waals surface area contributed by atoms with Gasteiger partial charge in [0.1, 0.15) is 0 Å². The van der Waals surface area contributed by atoms with Crippen LogP contribution in [0.4, 0.5) is 0 Å². The quantitative estimate of drug-likeness (QED) is 0.857.